The molecule has 0 radical (unpaired) electrons. The average Bonchev–Trinajstić information content (AvgIpc) is 2.60. The highest BCUT2D eigenvalue weighted by molar-refractivity contribution is 5.95. The molecule has 1 heterocycles. The summed E-state index contributed by atoms with van der Waals surface area (Å²) in [6.45, 7) is 8.00. The van der Waals surface area contributed by atoms with Gasteiger partial charge in [0.15, 0.2) is 0 Å². The van der Waals surface area contributed by atoms with Gasteiger partial charge in [-0.25, -0.2) is 4.79 Å². The van der Waals surface area contributed by atoms with Gasteiger partial charge in [0.2, 0.25) is 5.91 Å². The number of rotatable bonds is 4. The molecule has 19 heavy (non-hydrogen) atoms. The van der Waals surface area contributed by atoms with E-state index < -0.39 is 23.5 Å². The molecular formula is C13H22N2O4. The second kappa shape index (κ2) is 5.71. The van der Waals surface area contributed by atoms with Crippen LogP contribution in [0.15, 0.2) is 11.3 Å². The first-order chi connectivity index (χ1) is 8.70. The zero-order valence-electron chi connectivity index (χ0n) is 11.9. The highest BCUT2D eigenvalue weighted by atomic mass is 16.4. The molecule has 0 spiro atoms. The molecule has 0 aromatic heterocycles. The minimum Gasteiger partial charge on any atom is -0.477 e. The summed E-state index contributed by atoms with van der Waals surface area (Å²) in [5.41, 5.74) is -0.740. The smallest absolute Gasteiger partial charge is 0.352 e. The Bertz CT molecular complexity index is 411. The normalized spacial score (nSPS) is 27.1. The zero-order valence-corrected chi connectivity index (χ0v) is 11.9. The number of aliphatic hydroxyl groups is 1. The summed E-state index contributed by atoms with van der Waals surface area (Å²) in [5, 5.41) is 21.7. The number of hydrogen-bond acceptors (Lipinski definition) is 4. The molecule has 108 valence electrons. The van der Waals surface area contributed by atoms with Crippen molar-refractivity contribution in [1.29, 1.82) is 0 Å². The highest BCUT2D eigenvalue weighted by Gasteiger charge is 2.46. The Morgan fingerprint density at radius 3 is 2.42 bits per heavy atom. The van der Waals surface area contributed by atoms with Crippen molar-refractivity contribution in [3.63, 3.8) is 0 Å². The lowest BCUT2D eigenvalue weighted by Crippen LogP contribution is -2.53. The van der Waals surface area contributed by atoms with E-state index in [0.717, 1.165) is 0 Å². The monoisotopic (exact) mass is 270 g/mol. The number of likely N-dealkylation sites (tertiary alicyclic amines) is 1. The number of carboxylic acids is 1. The van der Waals surface area contributed by atoms with Gasteiger partial charge in [-0.2, -0.15) is 0 Å². The lowest BCUT2D eigenvalue weighted by Gasteiger charge is -2.29. The molecule has 1 fully saturated rings. The molecule has 0 aromatic rings. The van der Waals surface area contributed by atoms with E-state index in [9.17, 15) is 14.7 Å². The van der Waals surface area contributed by atoms with E-state index in [0.29, 0.717) is 25.1 Å². The van der Waals surface area contributed by atoms with Crippen LogP contribution in [0.5, 0.6) is 0 Å². The number of carbonyl (C=O) groups excluding carboxylic acids is 1. The minimum atomic E-state index is -1.17. The summed E-state index contributed by atoms with van der Waals surface area (Å²) >= 11 is 0. The number of carbonyl (C=O) groups is 2. The van der Waals surface area contributed by atoms with Crippen molar-refractivity contribution in [3.05, 3.63) is 11.3 Å². The van der Waals surface area contributed by atoms with E-state index in [-0.39, 0.29) is 5.70 Å². The Morgan fingerprint density at radius 2 is 2.00 bits per heavy atom. The van der Waals surface area contributed by atoms with Crippen molar-refractivity contribution in [1.82, 2.24) is 10.2 Å². The fourth-order valence-corrected chi connectivity index (χ4v) is 2.40. The number of likely N-dealkylation sites (N-methyl/N-ethyl adjacent to an activating group) is 1. The van der Waals surface area contributed by atoms with Crippen LogP contribution in [0.1, 0.15) is 34.1 Å². The first kappa shape index (κ1) is 15.7. The molecule has 0 aromatic carbocycles. The summed E-state index contributed by atoms with van der Waals surface area (Å²) in [6, 6.07) is -0.716. The van der Waals surface area contributed by atoms with Gasteiger partial charge in [0, 0.05) is 6.54 Å². The van der Waals surface area contributed by atoms with Crippen LogP contribution in [0.4, 0.5) is 0 Å². The predicted molar refractivity (Wildman–Crippen MR) is 70.4 cm³/mol. The molecule has 0 bridgehead atoms. The van der Waals surface area contributed by atoms with Crippen molar-refractivity contribution in [2.75, 3.05) is 13.1 Å². The third-order valence-corrected chi connectivity index (χ3v) is 3.48. The second-order valence-electron chi connectivity index (χ2n) is 5.31. The van der Waals surface area contributed by atoms with Crippen LogP contribution in [0.25, 0.3) is 0 Å². The maximum Gasteiger partial charge on any atom is 0.352 e. The Morgan fingerprint density at radius 1 is 1.42 bits per heavy atom. The van der Waals surface area contributed by atoms with Gasteiger partial charge in [0.05, 0.1) is 5.60 Å². The number of amides is 1. The maximum absolute atomic E-state index is 12.2. The maximum atomic E-state index is 12.2. The molecule has 6 heteroatoms. The Balaban J connectivity index is 2.93. The summed E-state index contributed by atoms with van der Waals surface area (Å²) in [6.07, 6.45) is 0.496. The van der Waals surface area contributed by atoms with Gasteiger partial charge < -0.3 is 15.5 Å². The van der Waals surface area contributed by atoms with E-state index in [4.69, 9.17) is 5.11 Å². The van der Waals surface area contributed by atoms with Crippen LogP contribution in [0.2, 0.25) is 0 Å². The molecule has 0 aliphatic carbocycles. The van der Waals surface area contributed by atoms with Gasteiger partial charge in [-0.15, -0.1) is 0 Å². The van der Waals surface area contributed by atoms with Gasteiger partial charge >= 0.3 is 5.97 Å². The lowest BCUT2D eigenvalue weighted by atomic mass is 9.96. The van der Waals surface area contributed by atoms with E-state index in [1.54, 1.807) is 20.8 Å². The number of aliphatic carboxylic acids is 1. The molecule has 6 nitrogen and oxygen atoms in total. The number of nitrogens with zero attached hydrogens (tertiary/aromatic N) is 1. The second-order valence-corrected chi connectivity index (χ2v) is 5.31. The van der Waals surface area contributed by atoms with Crippen LogP contribution in [0.3, 0.4) is 0 Å². The molecular weight excluding hydrogens is 248 g/mol. The standard InChI is InChI=1S/C13H22N2O4/c1-5-15-7-6-13(4,19)10(15)11(16)14-9(8(2)3)12(17)18/h10,19H,5-7H2,1-4H3,(H,14,16)(H,17,18). The van der Waals surface area contributed by atoms with Crippen LogP contribution in [-0.4, -0.2) is 51.7 Å². The van der Waals surface area contributed by atoms with Crippen molar-refractivity contribution >= 4 is 11.9 Å². The molecule has 2 atom stereocenters. The minimum absolute atomic E-state index is 0.122. The fraction of sp³-hybridized carbons (Fsp3) is 0.692. The van der Waals surface area contributed by atoms with E-state index in [2.05, 4.69) is 5.32 Å². The molecule has 1 aliphatic heterocycles. The average molecular weight is 270 g/mol. The lowest BCUT2D eigenvalue weighted by molar-refractivity contribution is -0.137. The third-order valence-electron chi connectivity index (χ3n) is 3.48. The molecule has 0 saturated carbocycles. The molecule has 3 N–H and O–H groups in total. The van der Waals surface area contributed by atoms with Gasteiger partial charge in [-0.3, -0.25) is 9.69 Å². The van der Waals surface area contributed by atoms with Gasteiger partial charge in [-0.05, 0) is 39.3 Å². The summed E-state index contributed by atoms with van der Waals surface area (Å²) in [5.74, 6) is -1.64. The van der Waals surface area contributed by atoms with E-state index in [1.807, 2.05) is 11.8 Å². The van der Waals surface area contributed by atoms with Crippen molar-refractivity contribution in [3.8, 4) is 0 Å². The summed E-state index contributed by atoms with van der Waals surface area (Å²) in [7, 11) is 0. The Hall–Kier alpha value is -1.40. The van der Waals surface area contributed by atoms with Gasteiger partial charge in [0.25, 0.3) is 0 Å². The van der Waals surface area contributed by atoms with Gasteiger partial charge in [-0.1, -0.05) is 6.92 Å². The van der Waals surface area contributed by atoms with Crippen LogP contribution >= 0.6 is 0 Å². The molecule has 1 saturated heterocycles. The fourth-order valence-electron chi connectivity index (χ4n) is 2.40. The van der Waals surface area contributed by atoms with Crippen LogP contribution in [0, 0.1) is 0 Å². The first-order valence-corrected chi connectivity index (χ1v) is 6.38. The van der Waals surface area contributed by atoms with Gasteiger partial charge in [0.1, 0.15) is 11.7 Å². The molecule has 1 amide bonds. The number of carboxylic acid groups (broad SMARTS) is 1. The molecule has 1 rings (SSSR count). The summed E-state index contributed by atoms with van der Waals surface area (Å²) < 4.78 is 0. The zero-order chi connectivity index (χ0) is 14.8. The van der Waals surface area contributed by atoms with E-state index in [1.165, 1.54) is 0 Å². The quantitative estimate of drug-likeness (QED) is 0.640. The topological polar surface area (TPSA) is 89.9 Å². The Labute approximate surface area is 113 Å². The number of hydrogen-bond donors (Lipinski definition) is 3. The van der Waals surface area contributed by atoms with Crippen molar-refractivity contribution < 1.29 is 19.8 Å². The predicted octanol–water partition coefficient (Wildman–Crippen LogP) is 0.326. The Kier molecular flexibility index (Phi) is 4.70. The number of allylic oxidation sites excluding steroid dienone is 1. The number of nitrogens with one attached hydrogen (secondary N) is 1. The van der Waals surface area contributed by atoms with Crippen molar-refractivity contribution in [2.45, 2.75) is 45.8 Å². The first-order valence-electron chi connectivity index (χ1n) is 6.38. The summed E-state index contributed by atoms with van der Waals surface area (Å²) in [4.78, 5) is 25.1. The van der Waals surface area contributed by atoms with E-state index >= 15 is 0 Å². The molecule has 2 unspecified atom stereocenters. The third kappa shape index (κ3) is 3.33. The van der Waals surface area contributed by atoms with Crippen molar-refractivity contribution in [2.24, 2.45) is 0 Å². The molecule has 1 aliphatic rings. The van der Waals surface area contributed by atoms with Crippen LogP contribution in [-0.2, 0) is 9.59 Å². The SMILES string of the molecule is CCN1CCC(C)(O)C1C(=O)NC(C(=O)O)=C(C)C. The highest BCUT2D eigenvalue weighted by Crippen LogP contribution is 2.28. The van der Waals surface area contributed by atoms with Crippen LogP contribution < -0.4 is 5.32 Å². The largest absolute Gasteiger partial charge is 0.477 e.